The Balaban J connectivity index is 0.000000497. The van der Waals surface area contributed by atoms with Crippen LogP contribution in [0.1, 0.15) is 0 Å². The van der Waals surface area contributed by atoms with E-state index in [4.69, 9.17) is 10.0 Å². The van der Waals surface area contributed by atoms with Crippen LogP contribution in [-0.2, 0) is 0 Å². The summed E-state index contributed by atoms with van der Waals surface area (Å²) >= 11 is 0. The first-order valence-corrected chi connectivity index (χ1v) is 6.64. The second-order valence-electron chi connectivity index (χ2n) is 4.27. The predicted octanol–water partition coefficient (Wildman–Crippen LogP) is 2.65. The molecule has 3 nitrogen and oxygen atoms in total. The Morgan fingerprint density at radius 3 is 1.76 bits per heavy atom. The zero-order valence-corrected chi connectivity index (χ0v) is 11.6. The van der Waals surface area contributed by atoms with Crippen LogP contribution in [0.15, 0.2) is 79.0 Å². The van der Waals surface area contributed by atoms with Gasteiger partial charge >= 0.3 is 7.69 Å². The lowest BCUT2D eigenvalue weighted by molar-refractivity contribution is 0.448. The van der Waals surface area contributed by atoms with Crippen LogP contribution in [0.3, 0.4) is 0 Å². The normalized spacial score (nSPS) is 9.43. The van der Waals surface area contributed by atoms with Crippen LogP contribution < -0.4 is 0 Å². The van der Waals surface area contributed by atoms with Crippen LogP contribution in [0.4, 0.5) is 0 Å². The fraction of sp³-hybridized carbons (Fsp3) is 0. The molecule has 104 valence electrons. The molecule has 4 heteroatoms. The number of nitrogens with zero attached hydrogens (tertiary/aromatic N) is 1. The molecule has 3 aromatic rings. The van der Waals surface area contributed by atoms with Gasteiger partial charge in [-0.15, -0.1) is 0 Å². The van der Waals surface area contributed by atoms with Crippen LogP contribution >= 0.6 is 0 Å². The van der Waals surface area contributed by atoms with Gasteiger partial charge in [0.15, 0.2) is 0 Å². The standard InChI is InChI=1S/C17H13N.BH3O2/c1-3-8-14(9-4-1)16-12-7-13-18-17(16)15-10-5-2-6-11-15;2-1-3/h1-13H;1-3H. The van der Waals surface area contributed by atoms with Gasteiger partial charge in [-0.25, -0.2) is 0 Å². The van der Waals surface area contributed by atoms with Crippen molar-refractivity contribution in [1.82, 2.24) is 4.98 Å². The minimum atomic E-state index is -0.750. The highest BCUT2D eigenvalue weighted by Crippen LogP contribution is 2.29. The summed E-state index contributed by atoms with van der Waals surface area (Å²) in [6.45, 7) is 0. The van der Waals surface area contributed by atoms with Crippen molar-refractivity contribution in [2.45, 2.75) is 0 Å². The van der Waals surface area contributed by atoms with E-state index in [0.717, 1.165) is 11.3 Å². The van der Waals surface area contributed by atoms with Crippen molar-refractivity contribution < 1.29 is 10.0 Å². The molecular weight excluding hydrogens is 261 g/mol. The third-order valence-electron chi connectivity index (χ3n) is 2.94. The Morgan fingerprint density at radius 1 is 0.667 bits per heavy atom. The largest absolute Gasteiger partial charge is 0.432 e. The number of rotatable bonds is 2. The van der Waals surface area contributed by atoms with E-state index < -0.39 is 7.69 Å². The second kappa shape index (κ2) is 7.99. The molecule has 0 amide bonds. The smallest absolute Gasteiger partial charge is 0.430 e. The number of aromatic nitrogens is 1. The molecule has 0 aliphatic heterocycles. The van der Waals surface area contributed by atoms with Gasteiger partial charge < -0.3 is 10.0 Å². The molecule has 1 heterocycles. The van der Waals surface area contributed by atoms with Gasteiger partial charge in [0.2, 0.25) is 0 Å². The van der Waals surface area contributed by atoms with Gasteiger partial charge in [0.1, 0.15) is 0 Å². The van der Waals surface area contributed by atoms with E-state index in [1.807, 2.05) is 36.5 Å². The highest BCUT2D eigenvalue weighted by molar-refractivity contribution is 6.13. The summed E-state index contributed by atoms with van der Waals surface area (Å²) in [5.41, 5.74) is 4.55. The van der Waals surface area contributed by atoms with Crippen molar-refractivity contribution in [2.75, 3.05) is 0 Å². The Kier molecular flexibility index (Phi) is 5.70. The first-order valence-electron chi connectivity index (χ1n) is 6.64. The average Bonchev–Trinajstić information content (AvgIpc) is 2.57. The molecule has 3 rings (SSSR count). The molecule has 1 aromatic heterocycles. The van der Waals surface area contributed by atoms with E-state index in [1.165, 1.54) is 11.1 Å². The topological polar surface area (TPSA) is 53.4 Å². The molecule has 0 saturated carbocycles. The highest BCUT2D eigenvalue weighted by Gasteiger charge is 2.06. The molecule has 2 N–H and O–H groups in total. The summed E-state index contributed by atoms with van der Waals surface area (Å²) in [4.78, 5) is 4.53. The number of hydrogen-bond donors (Lipinski definition) is 2. The molecule has 0 spiro atoms. The Bertz CT molecular complexity index is 601. The zero-order valence-electron chi connectivity index (χ0n) is 11.6. The molecule has 0 aliphatic carbocycles. The van der Waals surface area contributed by atoms with Gasteiger partial charge in [-0.05, 0) is 11.6 Å². The molecular formula is C17H16BNO2. The van der Waals surface area contributed by atoms with E-state index in [-0.39, 0.29) is 0 Å². The molecule has 0 fully saturated rings. The van der Waals surface area contributed by atoms with E-state index in [0.29, 0.717) is 0 Å². The van der Waals surface area contributed by atoms with Crippen LogP contribution in [0.25, 0.3) is 22.4 Å². The maximum Gasteiger partial charge on any atom is 0.432 e. The molecule has 0 radical (unpaired) electrons. The average molecular weight is 277 g/mol. The van der Waals surface area contributed by atoms with Crippen molar-refractivity contribution in [3.8, 4) is 22.4 Å². The van der Waals surface area contributed by atoms with Gasteiger partial charge in [-0.3, -0.25) is 4.98 Å². The van der Waals surface area contributed by atoms with Crippen LogP contribution in [0.2, 0.25) is 0 Å². The van der Waals surface area contributed by atoms with Crippen molar-refractivity contribution >= 4 is 7.69 Å². The van der Waals surface area contributed by atoms with Crippen molar-refractivity contribution in [3.05, 3.63) is 79.0 Å². The molecule has 0 unspecified atom stereocenters. The summed E-state index contributed by atoms with van der Waals surface area (Å²) in [6, 6.07) is 24.7. The minimum Gasteiger partial charge on any atom is -0.430 e. The maximum atomic E-state index is 7.12. The fourth-order valence-electron chi connectivity index (χ4n) is 2.08. The quantitative estimate of drug-likeness (QED) is 0.708. The van der Waals surface area contributed by atoms with E-state index >= 15 is 0 Å². The predicted molar refractivity (Wildman–Crippen MR) is 86.7 cm³/mol. The third-order valence-corrected chi connectivity index (χ3v) is 2.94. The summed E-state index contributed by atoms with van der Waals surface area (Å²) < 4.78 is 0. The van der Waals surface area contributed by atoms with E-state index in [1.54, 1.807) is 0 Å². The van der Waals surface area contributed by atoms with Gasteiger partial charge in [0.05, 0.1) is 5.69 Å². The lowest BCUT2D eigenvalue weighted by Gasteiger charge is -2.08. The second-order valence-corrected chi connectivity index (χ2v) is 4.27. The molecule has 0 bridgehead atoms. The van der Waals surface area contributed by atoms with Crippen LogP contribution in [-0.4, -0.2) is 22.7 Å². The van der Waals surface area contributed by atoms with Gasteiger partial charge in [0, 0.05) is 17.3 Å². The van der Waals surface area contributed by atoms with Gasteiger partial charge in [0.25, 0.3) is 0 Å². The van der Waals surface area contributed by atoms with Crippen molar-refractivity contribution in [1.29, 1.82) is 0 Å². The number of hydrogen-bond acceptors (Lipinski definition) is 3. The highest BCUT2D eigenvalue weighted by atomic mass is 16.4. The lowest BCUT2D eigenvalue weighted by atomic mass is 10.00. The SMILES string of the molecule is OBO.c1ccc(-c2cccnc2-c2ccccc2)cc1. The summed E-state index contributed by atoms with van der Waals surface area (Å²) in [6.07, 6.45) is 1.84. The minimum absolute atomic E-state index is 0.750. The molecule has 0 atom stereocenters. The first kappa shape index (κ1) is 15.0. The van der Waals surface area contributed by atoms with Crippen molar-refractivity contribution in [3.63, 3.8) is 0 Å². The third kappa shape index (κ3) is 4.02. The molecule has 0 saturated heterocycles. The van der Waals surface area contributed by atoms with E-state index in [9.17, 15) is 0 Å². The summed E-state index contributed by atoms with van der Waals surface area (Å²) in [5, 5.41) is 14.2. The number of pyridine rings is 1. The Hall–Kier alpha value is -2.43. The molecule has 0 aliphatic rings. The van der Waals surface area contributed by atoms with E-state index in [2.05, 4.69) is 47.4 Å². The van der Waals surface area contributed by atoms with Crippen molar-refractivity contribution in [2.24, 2.45) is 0 Å². The van der Waals surface area contributed by atoms with Gasteiger partial charge in [-0.1, -0.05) is 66.7 Å². The molecule has 21 heavy (non-hydrogen) atoms. The Labute approximate surface area is 124 Å². The number of benzene rings is 2. The lowest BCUT2D eigenvalue weighted by Crippen LogP contribution is -1.88. The molecule has 2 aromatic carbocycles. The monoisotopic (exact) mass is 277 g/mol. The van der Waals surface area contributed by atoms with Gasteiger partial charge in [-0.2, -0.15) is 0 Å². The Morgan fingerprint density at radius 2 is 1.19 bits per heavy atom. The summed E-state index contributed by atoms with van der Waals surface area (Å²) in [7, 11) is -0.750. The fourth-order valence-corrected chi connectivity index (χ4v) is 2.08. The maximum absolute atomic E-state index is 7.12. The van der Waals surface area contributed by atoms with Crippen LogP contribution in [0.5, 0.6) is 0 Å². The summed E-state index contributed by atoms with van der Waals surface area (Å²) in [5.74, 6) is 0. The first-order chi connectivity index (χ1) is 10.4. The van der Waals surface area contributed by atoms with Crippen LogP contribution in [0, 0.1) is 0 Å². The zero-order chi connectivity index (χ0) is 14.9.